The van der Waals surface area contributed by atoms with Crippen LogP contribution in [0.5, 0.6) is 0 Å². The van der Waals surface area contributed by atoms with Crippen LogP contribution in [0.2, 0.25) is 0 Å². The van der Waals surface area contributed by atoms with Gasteiger partial charge in [0, 0.05) is 18.8 Å². The van der Waals surface area contributed by atoms with Gasteiger partial charge in [-0.05, 0) is 20.3 Å². The van der Waals surface area contributed by atoms with E-state index < -0.39 is 41.3 Å². The van der Waals surface area contributed by atoms with Crippen LogP contribution < -0.4 is 0 Å². The molecule has 0 amide bonds. The fourth-order valence-electron chi connectivity index (χ4n) is 3.32. The summed E-state index contributed by atoms with van der Waals surface area (Å²) in [5, 5.41) is 10.1. The second-order valence-corrected chi connectivity index (χ2v) is 6.69. The average Bonchev–Trinajstić information content (AvgIpc) is 3.27. The molecule has 1 rings (SSSR count). The summed E-state index contributed by atoms with van der Waals surface area (Å²) >= 11 is 0. The maximum Gasteiger partial charge on any atom is 0.324 e. The molecular weight excluding hydrogens is 352 g/mol. The Hall–Kier alpha value is -1.89. The monoisotopic (exact) mass is 384 g/mol. The first-order chi connectivity index (χ1) is 12.9. The van der Waals surface area contributed by atoms with Crippen molar-refractivity contribution in [2.24, 2.45) is 17.3 Å². The standard InChI is InChI=1S/C20H32O7/c1-5-8-9-10-15(22)11-12-16-17(13-27-14(4)21)20(16,18(23)25-6-2)19(24)26-7-3/h11-12,15-17,22H,5-10,13H2,1-4H3/t15?,16-,17-/m0/s1. The van der Waals surface area contributed by atoms with Crippen molar-refractivity contribution in [3.63, 3.8) is 0 Å². The molecule has 1 aliphatic rings. The van der Waals surface area contributed by atoms with Gasteiger partial charge < -0.3 is 19.3 Å². The van der Waals surface area contributed by atoms with Gasteiger partial charge in [-0.1, -0.05) is 38.3 Å². The summed E-state index contributed by atoms with van der Waals surface area (Å²) in [6.45, 7) is 6.81. The number of ether oxygens (including phenoxy) is 3. The summed E-state index contributed by atoms with van der Waals surface area (Å²) in [6.07, 6.45) is 6.17. The lowest BCUT2D eigenvalue weighted by molar-refractivity contribution is -0.166. The fourth-order valence-corrected chi connectivity index (χ4v) is 3.32. The number of hydrogen-bond donors (Lipinski definition) is 1. The van der Waals surface area contributed by atoms with Gasteiger partial charge in [-0.25, -0.2) is 0 Å². The topological polar surface area (TPSA) is 99.1 Å². The minimum atomic E-state index is -1.53. The molecule has 0 bridgehead atoms. The predicted molar refractivity (Wildman–Crippen MR) is 98.6 cm³/mol. The first-order valence-corrected chi connectivity index (χ1v) is 9.70. The van der Waals surface area contributed by atoms with Gasteiger partial charge in [0.15, 0.2) is 5.41 Å². The second kappa shape index (κ2) is 11.1. The van der Waals surface area contributed by atoms with Crippen LogP contribution in [0.15, 0.2) is 12.2 Å². The van der Waals surface area contributed by atoms with Crippen LogP contribution >= 0.6 is 0 Å². The van der Waals surface area contributed by atoms with Crippen LogP contribution in [-0.2, 0) is 28.6 Å². The molecule has 7 nitrogen and oxygen atoms in total. The van der Waals surface area contributed by atoms with Crippen molar-refractivity contribution in [2.45, 2.75) is 59.5 Å². The van der Waals surface area contributed by atoms with Crippen molar-refractivity contribution in [3.05, 3.63) is 12.2 Å². The summed E-state index contributed by atoms with van der Waals surface area (Å²) in [5.74, 6) is -2.98. The third-order valence-corrected chi connectivity index (χ3v) is 4.77. The van der Waals surface area contributed by atoms with Crippen LogP contribution in [0.25, 0.3) is 0 Å². The number of rotatable bonds is 12. The van der Waals surface area contributed by atoms with Gasteiger partial charge in [0.05, 0.1) is 25.9 Å². The molecule has 3 atom stereocenters. The van der Waals surface area contributed by atoms with E-state index in [9.17, 15) is 19.5 Å². The highest BCUT2D eigenvalue weighted by atomic mass is 16.6. The van der Waals surface area contributed by atoms with Crippen LogP contribution in [0.1, 0.15) is 53.4 Å². The molecule has 1 unspecified atom stereocenters. The molecule has 0 saturated heterocycles. The van der Waals surface area contributed by atoms with E-state index in [4.69, 9.17) is 14.2 Å². The molecular formula is C20H32O7. The molecule has 1 N–H and O–H groups in total. The Labute approximate surface area is 161 Å². The molecule has 0 aliphatic heterocycles. The summed E-state index contributed by atoms with van der Waals surface area (Å²) in [6, 6.07) is 0. The highest BCUT2D eigenvalue weighted by molar-refractivity contribution is 6.05. The van der Waals surface area contributed by atoms with E-state index in [0.717, 1.165) is 19.3 Å². The maximum absolute atomic E-state index is 12.6. The van der Waals surface area contributed by atoms with Crippen molar-refractivity contribution in [1.82, 2.24) is 0 Å². The van der Waals surface area contributed by atoms with E-state index in [2.05, 4.69) is 6.92 Å². The highest BCUT2D eigenvalue weighted by Gasteiger charge is 2.76. The second-order valence-electron chi connectivity index (χ2n) is 6.69. The van der Waals surface area contributed by atoms with Crippen LogP contribution in [-0.4, -0.2) is 48.9 Å². The van der Waals surface area contributed by atoms with Gasteiger partial charge >= 0.3 is 17.9 Å². The van der Waals surface area contributed by atoms with Crippen LogP contribution in [0.4, 0.5) is 0 Å². The van der Waals surface area contributed by atoms with Gasteiger partial charge in [0.2, 0.25) is 0 Å². The zero-order valence-corrected chi connectivity index (χ0v) is 16.7. The molecule has 27 heavy (non-hydrogen) atoms. The zero-order chi connectivity index (χ0) is 20.4. The predicted octanol–water partition coefficient (Wildman–Crippen LogP) is 2.41. The Kier molecular flexibility index (Phi) is 9.49. The summed E-state index contributed by atoms with van der Waals surface area (Å²) in [5.41, 5.74) is -1.53. The Balaban J connectivity index is 3.00. The van der Waals surface area contributed by atoms with Gasteiger partial charge in [0.25, 0.3) is 0 Å². The number of aliphatic hydroxyl groups excluding tert-OH is 1. The first kappa shape index (κ1) is 23.1. The lowest BCUT2D eigenvalue weighted by Crippen LogP contribution is -2.34. The Morgan fingerprint density at radius 3 is 2.11 bits per heavy atom. The third-order valence-electron chi connectivity index (χ3n) is 4.77. The number of allylic oxidation sites excluding steroid dienone is 1. The van der Waals surface area contributed by atoms with E-state index in [1.54, 1.807) is 26.0 Å². The lowest BCUT2D eigenvalue weighted by Gasteiger charge is -2.15. The zero-order valence-electron chi connectivity index (χ0n) is 16.7. The first-order valence-electron chi connectivity index (χ1n) is 9.70. The van der Waals surface area contributed by atoms with Crippen LogP contribution in [0, 0.1) is 17.3 Å². The van der Waals surface area contributed by atoms with E-state index in [-0.39, 0.29) is 19.8 Å². The number of unbranched alkanes of at least 4 members (excludes halogenated alkanes) is 2. The minimum Gasteiger partial charge on any atom is -0.466 e. The van der Waals surface area contributed by atoms with E-state index in [0.29, 0.717) is 6.42 Å². The average molecular weight is 384 g/mol. The molecule has 0 aromatic heterocycles. The molecule has 0 radical (unpaired) electrons. The summed E-state index contributed by atoms with van der Waals surface area (Å²) in [4.78, 5) is 36.4. The van der Waals surface area contributed by atoms with Gasteiger partial charge in [0.1, 0.15) is 0 Å². The molecule has 7 heteroatoms. The molecule has 0 spiro atoms. The van der Waals surface area contributed by atoms with Gasteiger partial charge in [-0.2, -0.15) is 0 Å². The maximum atomic E-state index is 12.6. The molecule has 154 valence electrons. The highest BCUT2D eigenvalue weighted by Crippen LogP contribution is 2.61. The normalized spacial score (nSPS) is 21.5. The molecule has 1 fully saturated rings. The van der Waals surface area contributed by atoms with Crippen molar-refractivity contribution >= 4 is 17.9 Å². The minimum absolute atomic E-state index is 0.0894. The van der Waals surface area contributed by atoms with Crippen molar-refractivity contribution < 1.29 is 33.7 Å². The van der Waals surface area contributed by atoms with Gasteiger partial charge in [-0.3, -0.25) is 14.4 Å². The Bertz CT molecular complexity index is 522. The molecule has 0 heterocycles. The van der Waals surface area contributed by atoms with E-state index >= 15 is 0 Å². The number of esters is 3. The molecule has 0 aromatic carbocycles. The Morgan fingerprint density at radius 1 is 1.04 bits per heavy atom. The number of aliphatic hydroxyl groups is 1. The number of hydrogen-bond acceptors (Lipinski definition) is 7. The van der Waals surface area contributed by atoms with Gasteiger partial charge in [-0.15, -0.1) is 0 Å². The van der Waals surface area contributed by atoms with Crippen molar-refractivity contribution in [2.75, 3.05) is 19.8 Å². The molecule has 0 aromatic rings. The number of carbonyl (C=O) groups excluding carboxylic acids is 3. The summed E-state index contributed by atoms with van der Waals surface area (Å²) in [7, 11) is 0. The van der Waals surface area contributed by atoms with Crippen molar-refractivity contribution in [1.29, 1.82) is 0 Å². The summed E-state index contributed by atoms with van der Waals surface area (Å²) < 4.78 is 15.3. The van der Waals surface area contributed by atoms with Crippen molar-refractivity contribution in [3.8, 4) is 0 Å². The quantitative estimate of drug-likeness (QED) is 0.181. The molecule has 1 saturated carbocycles. The molecule has 1 aliphatic carbocycles. The largest absolute Gasteiger partial charge is 0.466 e. The van der Waals surface area contributed by atoms with Crippen LogP contribution in [0.3, 0.4) is 0 Å². The Morgan fingerprint density at radius 2 is 1.63 bits per heavy atom. The smallest absolute Gasteiger partial charge is 0.324 e. The third kappa shape index (κ3) is 5.79. The lowest BCUT2D eigenvalue weighted by atomic mass is 10.0. The van der Waals surface area contributed by atoms with E-state index in [1.165, 1.54) is 6.92 Å². The fraction of sp³-hybridized carbons (Fsp3) is 0.750. The van der Waals surface area contributed by atoms with E-state index in [1.807, 2.05) is 0 Å². The number of carbonyl (C=O) groups is 3. The SMILES string of the molecule is CCCCCC(O)C=C[C@H]1[C@H](COC(C)=O)C1(C(=O)OCC)C(=O)OCC.